The number of ether oxygens (including phenoxy) is 2. The van der Waals surface area contributed by atoms with Gasteiger partial charge in [0, 0.05) is 19.8 Å². The predicted octanol–water partition coefficient (Wildman–Crippen LogP) is 12.1. The average molecular weight is 612 g/mol. The van der Waals surface area contributed by atoms with Crippen LogP contribution in [0, 0.1) is 0 Å². The van der Waals surface area contributed by atoms with Crippen molar-refractivity contribution in [2.45, 2.75) is 148 Å². The van der Waals surface area contributed by atoms with Crippen LogP contribution in [0.25, 0.3) is 0 Å². The van der Waals surface area contributed by atoms with Gasteiger partial charge in [-0.05, 0) is 104 Å². The van der Waals surface area contributed by atoms with Gasteiger partial charge in [-0.3, -0.25) is 0 Å². The summed E-state index contributed by atoms with van der Waals surface area (Å²) in [6.07, 6.45) is 51.9. The van der Waals surface area contributed by atoms with Gasteiger partial charge < -0.3 is 14.4 Å². The lowest BCUT2D eigenvalue weighted by atomic mass is 10.2. The van der Waals surface area contributed by atoms with Gasteiger partial charge in [0.2, 0.25) is 0 Å². The van der Waals surface area contributed by atoms with E-state index in [4.69, 9.17) is 9.47 Å². The molecule has 0 radical (unpaired) electrons. The highest BCUT2D eigenvalue weighted by Crippen LogP contribution is 2.07. The van der Waals surface area contributed by atoms with Crippen LogP contribution in [-0.4, -0.2) is 51.5 Å². The lowest BCUT2D eigenvalue weighted by Crippen LogP contribution is -2.32. The van der Waals surface area contributed by atoms with Crippen molar-refractivity contribution in [2.24, 2.45) is 0 Å². The molecule has 0 aromatic carbocycles. The lowest BCUT2D eigenvalue weighted by molar-refractivity contribution is -0.0287. The van der Waals surface area contributed by atoms with Crippen molar-refractivity contribution in [3.05, 3.63) is 72.9 Å². The molecule has 44 heavy (non-hydrogen) atoms. The van der Waals surface area contributed by atoms with Crippen molar-refractivity contribution in [3.8, 4) is 0 Å². The second-order valence-electron chi connectivity index (χ2n) is 12.3. The van der Waals surface area contributed by atoms with Crippen molar-refractivity contribution in [3.63, 3.8) is 0 Å². The minimum atomic E-state index is 0.162. The van der Waals surface area contributed by atoms with E-state index in [2.05, 4.69) is 106 Å². The fourth-order valence-electron chi connectivity index (χ4n) is 4.79. The van der Waals surface area contributed by atoms with Gasteiger partial charge in [0.1, 0.15) is 0 Å². The molecule has 254 valence electrons. The fraction of sp³-hybridized carbons (Fsp3) is 0.707. The summed E-state index contributed by atoms with van der Waals surface area (Å²) >= 11 is 0. The summed E-state index contributed by atoms with van der Waals surface area (Å²) in [6.45, 7) is 7.79. The number of unbranched alkanes of at least 4 members (excludes halogenated alkanes) is 12. The molecule has 0 fully saturated rings. The monoisotopic (exact) mass is 612 g/mol. The zero-order chi connectivity index (χ0) is 32.0. The standard InChI is InChI=1S/C41H73NO2/c1-5-7-9-11-13-15-17-19-21-23-25-27-29-31-33-35-37-43-40-41(39-42(3)4)44-38-36-34-32-30-28-26-24-22-20-18-16-14-12-10-8-6-2/h13-16,19-22,25-28,41H,5-12,17-18,23-24,29-40H2,1-4H3/b15-13-,16-14-,21-19-,22-20-,27-25-,28-26-. The van der Waals surface area contributed by atoms with E-state index in [0.717, 1.165) is 58.3 Å². The summed E-state index contributed by atoms with van der Waals surface area (Å²) in [6, 6.07) is 0. The molecule has 0 aliphatic heterocycles. The van der Waals surface area contributed by atoms with Gasteiger partial charge in [0.25, 0.3) is 0 Å². The molecular weight excluding hydrogens is 538 g/mol. The maximum atomic E-state index is 6.19. The van der Waals surface area contributed by atoms with Gasteiger partial charge in [-0.15, -0.1) is 0 Å². The summed E-state index contributed by atoms with van der Waals surface area (Å²) < 4.78 is 12.2. The van der Waals surface area contributed by atoms with Crippen LogP contribution < -0.4 is 0 Å². The summed E-state index contributed by atoms with van der Waals surface area (Å²) in [7, 11) is 4.22. The Balaban J connectivity index is 3.70. The van der Waals surface area contributed by atoms with Gasteiger partial charge in [-0.2, -0.15) is 0 Å². The summed E-state index contributed by atoms with van der Waals surface area (Å²) in [5.74, 6) is 0. The Kier molecular flexibility index (Phi) is 36.1. The Hall–Kier alpha value is -1.68. The van der Waals surface area contributed by atoms with Gasteiger partial charge in [-0.25, -0.2) is 0 Å². The molecule has 0 aromatic heterocycles. The van der Waals surface area contributed by atoms with Gasteiger partial charge >= 0.3 is 0 Å². The molecule has 0 amide bonds. The zero-order valence-corrected chi connectivity index (χ0v) is 29.7. The third-order valence-corrected chi connectivity index (χ3v) is 7.44. The van der Waals surface area contributed by atoms with Crippen molar-refractivity contribution >= 4 is 0 Å². The number of allylic oxidation sites excluding steroid dienone is 12. The van der Waals surface area contributed by atoms with E-state index in [1.807, 2.05) is 0 Å². The van der Waals surface area contributed by atoms with Crippen LogP contribution in [0.3, 0.4) is 0 Å². The second kappa shape index (κ2) is 37.5. The first-order chi connectivity index (χ1) is 21.7. The molecule has 0 spiro atoms. The molecule has 0 rings (SSSR count). The lowest BCUT2D eigenvalue weighted by Gasteiger charge is -2.21. The smallest absolute Gasteiger partial charge is 0.0934 e. The predicted molar refractivity (Wildman–Crippen MR) is 198 cm³/mol. The molecule has 0 aliphatic carbocycles. The van der Waals surface area contributed by atoms with Crippen molar-refractivity contribution in [2.75, 3.05) is 40.5 Å². The van der Waals surface area contributed by atoms with Crippen LogP contribution >= 0.6 is 0 Å². The first-order valence-electron chi connectivity index (χ1n) is 18.4. The Morgan fingerprint density at radius 1 is 0.455 bits per heavy atom. The normalized spacial score (nSPS) is 13.6. The van der Waals surface area contributed by atoms with Crippen LogP contribution in [0.2, 0.25) is 0 Å². The zero-order valence-electron chi connectivity index (χ0n) is 29.7. The molecule has 0 bridgehead atoms. The molecule has 0 N–H and O–H groups in total. The van der Waals surface area contributed by atoms with Gasteiger partial charge in [0.15, 0.2) is 0 Å². The molecule has 1 atom stereocenters. The Labute approximate surface area is 275 Å². The van der Waals surface area contributed by atoms with Crippen molar-refractivity contribution in [1.29, 1.82) is 0 Å². The van der Waals surface area contributed by atoms with Crippen molar-refractivity contribution in [1.82, 2.24) is 4.90 Å². The Morgan fingerprint density at radius 2 is 0.841 bits per heavy atom. The second-order valence-corrected chi connectivity index (χ2v) is 12.3. The average Bonchev–Trinajstić information content (AvgIpc) is 3.01. The first kappa shape index (κ1) is 42.3. The molecule has 0 aromatic rings. The number of rotatable bonds is 33. The van der Waals surface area contributed by atoms with E-state index in [1.54, 1.807) is 0 Å². The molecule has 3 nitrogen and oxygen atoms in total. The maximum absolute atomic E-state index is 6.19. The highest BCUT2D eigenvalue weighted by Gasteiger charge is 2.10. The summed E-state index contributed by atoms with van der Waals surface area (Å²) in [5, 5.41) is 0. The molecule has 0 saturated heterocycles. The van der Waals surface area contributed by atoms with Gasteiger partial charge in [-0.1, -0.05) is 125 Å². The number of nitrogens with zero attached hydrogens (tertiary/aromatic N) is 1. The Morgan fingerprint density at radius 3 is 1.25 bits per heavy atom. The highest BCUT2D eigenvalue weighted by molar-refractivity contribution is 4.98. The molecule has 1 unspecified atom stereocenters. The largest absolute Gasteiger partial charge is 0.379 e. The minimum absolute atomic E-state index is 0.162. The topological polar surface area (TPSA) is 21.7 Å². The number of likely N-dealkylation sites (N-methyl/N-ethyl adjacent to an activating group) is 1. The van der Waals surface area contributed by atoms with Crippen LogP contribution in [0.4, 0.5) is 0 Å². The highest BCUT2D eigenvalue weighted by atomic mass is 16.5. The van der Waals surface area contributed by atoms with E-state index >= 15 is 0 Å². The van der Waals surface area contributed by atoms with Crippen LogP contribution in [0.15, 0.2) is 72.9 Å². The first-order valence-corrected chi connectivity index (χ1v) is 18.4. The van der Waals surface area contributed by atoms with E-state index in [1.165, 1.54) is 89.9 Å². The summed E-state index contributed by atoms with van der Waals surface area (Å²) in [4.78, 5) is 2.20. The van der Waals surface area contributed by atoms with Crippen LogP contribution in [0.1, 0.15) is 142 Å². The van der Waals surface area contributed by atoms with Crippen LogP contribution in [-0.2, 0) is 9.47 Å². The molecular formula is C41H73NO2. The third-order valence-electron chi connectivity index (χ3n) is 7.44. The quantitative estimate of drug-likeness (QED) is 0.0544. The van der Waals surface area contributed by atoms with Crippen molar-refractivity contribution < 1.29 is 9.47 Å². The SMILES string of the molecule is CCCCC/C=C\C/C=C\C/C=C\CCCCCOCC(CN(C)C)OCCCCC/C=C\C/C=C\C/C=C\CCCCC. The fourth-order valence-corrected chi connectivity index (χ4v) is 4.79. The molecule has 0 saturated carbocycles. The van der Waals surface area contributed by atoms with Gasteiger partial charge in [0.05, 0.1) is 12.7 Å². The van der Waals surface area contributed by atoms with E-state index in [0.29, 0.717) is 6.61 Å². The third kappa shape index (κ3) is 36.5. The van der Waals surface area contributed by atoms with E-state index in [-0.39, 0.29) is 6.10 Å². The molecule has 0 heterocycles. The molecule has 0 aliphatic rings. The molecule has 3 heteroatoms. The maximum Gasteiger partial charge on any atom is 0.0934 e. The van der Waals surface area contributed by atoms with Crippen LogP contribution in [0.5, 0.6) is 0 Å². The number of hydrogen-bond acceptors (Lipinski definition) is 3. The minimum Gasteiger partial charge on any atom is -0.379 e. The Bertz CT molecular complexity index is 731. The summed E-state index contributed by atoms with van der Waals surface area (Å²) in [5.41, 5.74) is 0. The number of hydrogen-bond donors (Lipinski definition) is 0. The van der Waals surface area contributed by atoms with E-state index in [9.17, 15) is 0 Å². The van der Waals surface area contributed by atoms with E-state index < -0.39 is 0 Å².